The van der Waals surface area contributed by atoms with Crippen LogP contribution in [0.3, 0.4) is 0 Å². The molecule has 23 rings (SSSR count). The standard InChI is InChI=1S/C55H34N4S.C48H29N5S/c1-3-15-38(16-4-1)47-34-48(58-55(57-47)40-17-5-2-6-18-40)39-28-26-35(27-29-39)36-30-32-41(33-31-36)59-49-25-12-10-22-45(49)54-52(59)50-51(43-23-13-19-37-14-7-8-20-42(37)43)56-46-24-11-9-21-44(46)53(50)60-54;1-3-14-31(15-4-1)46-50-47(32-16-5-2-6-17-32)52-48(51-46)33-25-27-36(28-26-33)53-40-22-12-10-20-38(40)45-43(53)41-42(35-24-23-30-13-7-8-18-34(30)29-35)49-39-21-11-9-19-37(39)44(41)54-45/h1-34H;1-29H. The lowest BCUT2D eigenvalue weighted by atomic mass is 9.98. The molecule has 114 heavy (non-hydrogen) atoms. The van der Waals surface area contributed by atoms with Crippen molar-refractivity contribution in [2.24, 2.45) is 0 Å². The zero-order chi connectivity index (χ0) is 75.2. The van der Waals surface area contributed by atoms with Crippen molar-refractivity contribution in [2.75, 3.05) is 0 Å². The fourth-order valence-corrected chi connectivity index (χ4v) is 19.1. The highest BCUT2D eigenvalue weighted by Gasteiger charge is 2.27. The molecule has 0 aliphatic rings. The zero-order valence-electron chi connectivity index (χ0n) is 61.2. The quantitative estimate of drug-likeness (QED) is 0.127. The molecule has 15 aromatic carbocycles. The Hall–Kier alpha value is -14.8. The summed E-state index contributed by atoms with van der Waals surface area (Å²) in [6, 6.07) is 134. The lowest BCUT2D eigenvalue weighted by Gasteiger charge is -2.13. The number of rotatable bonds is 11. The van der Waals surface area contributed by atoms with Crippen molar-refractivity contribution in [1.82, 2.24) is 44.0 Å². The van der Waals surface area contributed by atoms with E-state index in [2.05, 4.69) is 294 Å². The third-order valence-corrected chi connectivity index (χ3v) is 24.3. The highest BCUT2D eigenvalue weighted by molar-refractivity contribution is 7.28. The largest absolute Gasteiger partial charge is 0.308 e. The van der Waals surface area contributed by atoms with Crippen LogP contribution in [0.5, 0.6) is 0 Å². The van der Waals surface area contributed by atoms with Gasteiger partial charge in [0.15, 0.2) is 23.3 Å². The van der Waals surface area contributed by atoms with Gasteiger partial charge < -0.3 is 9.13 Å². The lowest BCUT2D eigenvalue weighted by Crippen LogP contribution is -2.00. The Labute approximate surface area is 663 Å². The predicted molar refractivity (Wildman–Crippen MR) is 476 cm³/mol. The van der Waals surface area contributed by atoms with Crippen molar-refractivity contribution in [3.63, 3.8) is 0 Å². The second kappa shape index (κ2) is 27.7. The first-order valence-corrected chi connectivity index (χ1v) is 39.8. The highest BCUT2D eigenvalue weighted by Crippen LogP contribution is 2.51. The molecule has 0 unspecified atom stereocenters. The van der Waals surface area contributed by atoms with Crippen LogP contribution in [0.2, 0.25) is 0 Å². The van der Waals surface area contributed by atoms with Crippen LogP contribution < -0.4 is 0 Å². The molecule has 0 radical (unpaired) electrons. The van der Waals surface area contributed by atoms with Gasteiger partial charge >= 0.3 is 0 Å². The van der Waals surface area contributed by atoms with E-state index in [1.54, 1.807) is 0 Å². The number of aromatic nitrogens is 9. The molecule has 0 amide bonds. The Balaban J connectivity index is 0.000000140. The molecule has 0 saturated carbocycles. The van der Waals surface area contributed by atoms with Crippen LogP contribution in [0.15, 0.2) is 382 Å². The van der Waals surface area contributed by atoms with Crippen molar-refractivity contribution in [3.05, 3.63) is 382 Å². The summed E-state index contributed by atoms with van der Waals surface area (Å²) in [7, 11) is 0. The summed E-state index contributed by atoms with van der Waals surface area (Å²) in [5.41, 5.74) is 23.1. The van der Waals surface area contributed by atoms with E-state index in [0.717, 1.165) is 106 Å². The van der Waals surface area contributed by atoms with Crippen LogP contribution >= 0.6 is 22.7 Å². The van der Waals surface area contributed by atoms with E-state index in [0.29, 0.717) is 23.3 Å². The smallest absolute Gasteiger partial charge is 0.164 e. The maximum absolute atomic E-state index is 5.46. The molecule has 0 saturated heterocycles. The molecule has 0 bridgehead atoms. The van der Waals surface area contributed by atoms with Gasteiger partial charge in [-0.05, 0) is 105 Å². The van der Waals surface area contributed by atoms with E-state index in [1.807, 2.05) is 120 Å². The number of hydrogen-bond acceptors (Lipinski definition) is 9. The summed E-state index contributed by atoms with van der Waals surface area (Å²) >= 11 is 3.74. The van der Waals surface area contributed by atoms with Crippen LogP contribution in [0, 0.1) is 0 Å². The van der Waals surface area contributed by atoms with Gasteiger partial charge in [0.05, 0.1) is 65.3 Å². The van der Waals surface area contributed by atoms with Gasteiger partial charge in [-0.15, -0.1) is 22.7 Å². The minimum atomic E-state index is 0.631. The van der Waals surface area contributed by atoms with Crippen molar-refractivity contribution in [3.8, 4) is 113 Å². The first-order chi connectivity index (χ1) is 56.5. The Morgan fingerprint density at radius 3 is 1.10 bits per heavy atom. The van der Waals surface area contributed by atoms with Crippen molar-refractivity contribution in [1.29, 1.82) is 0 Å². The van der Waals surface area contributed by atoms with E-state index < -0.39 is 0 Å². The monoisotopic (exact) mass is 1490 g/mol. The number of hydrogen-bond donors (Lipinski definition) is 0. The summed E-state index contributed by atoms with van der Waals surface area (Å²) in [5, 5.41) is 12.0. The van der Waals surface area contributed by atoms with E-state index in [-0.39, 0.29) is 0 Å². The molecule has 11 heteroatoms. The summed E-state index contributed by atoms with van der Waals surface area (Å²) in [6.07, 6.45) is 0. The average molecular weight is 1490 g/mol. The molecule has 9 nitrogen and oxygen atoms in total. The van der Waals surface area contributed by atoms with Gasteiger partial charge in [0.25, 0.3) is 0 Å². The second-order valence-electron chi connectivity index (χ2n) is 28.6. The fraction of sp³-hybridized carbons (Fsp3) is 0. The van der Waals surface area contributed by atoms with Crippen LogP contribution in [0.1, 0.15) is 0 Å². The minimum Gasteiger partial charge on any atom is -0.308 e. The number of pyridine rings is 2. The molecule has 8 aromatic heterocycles. The molecular formula is C103H63N9S2. The predicted octanol–water partition coefficient (Wildman–Crippen LogP) is 27.4. The normalized spacial score (nSPS) is 11.7. The van der Waals surface area contributed by atoms with Gasteiger partial charge in [0, 0.05) is 97.6 Å². The lowest BCUT2D eigenvalue weighted by molar-refractivity contribution is 1.07. The van der Waals surface area contributed by atoms with Gasteiger partial charge in [-0.25, -0.2) is 34.9 Å². The fourth-order valence-electron chi connectivity index (χ4n) is 16.4. The maximum atomic E-state index is 5.46. The van der Waals surface area contributed by atoms with Crippen molar-refractivity contribution in [2.45, 2.75) is 0 Å². The van der Waals surface area contributed by atoms with Crippen LogP contribution in [0.25, 0.3) is 219 Å². The van der Waals surface area contributed by atoms with Crippen LogP contribution in [0.4, 0.5) is 0 Å². The second-order valence-corrected chi connectivity index (χ2v) is 30.7. The minimum absolute atomic E-state index is 0.631. The maximum Gasteiger partial charge on any atom is 0.164 e. The summed E-state index contributed by atoms with van der Waals surface area (Å²) < 4.78 is 9.90. The molecule has 0 atom stereocenters. The molecule has 0 aliphatic heterocycles. The molecule has 532 valence electrons. The first-order valence-electron chi connectivity index (χ1n) is 38.2. The van der Waals surface area contributed by atoms with E-state index in [9.17, 15) is 0 Å². The zero-order valence-corrected chi connectivity index (χ0v) is 62.8. The molecule has 0 spiro atoms. The third kappa shape index (κ3) is 11.5. The average Bonchev–Trinajstić information content (AvgIpc) is 1.54. The molecule has 0 N–H and O–H groups in total. The van der Waals surface area contributed by atoms with E-state index >= 15 is 0 Å². The number of para-hydroxylation sites is 4. The molecular weight excluding hydrogens is 1430 g/mol. The highest BCUT2D eigenvalue weighted by atomic mass is 32.1. The Bertz CT molecular complexity index is 7570. The van der Waals surface area contributed by atoms with Gasteiger partial charge in [-0.3, -0.25) is 0 Å². The van der Waals surface area contributed by atoms with Crippen LogP contribution in [-0.4, -0.2) is 44.0 Å². The summed E-state index contributed by atoms with van der Waals surface area (Å²) in [6.45, 7) is 0. The summed E-state index contributed by atoms with van der Waals surface area (Å²) in [5.74, 6) is 2.64. The van der Waals surface area contributed by atoms with Gasteiger partial charge in [0.2, 0.25) is 0 Å². The topological polar surface area (TPSA) is 100 Å². The molecule has 8 heterocycles. The number of fused-ring (bicyclic) bond motifs is 16. The first kappa shape index (κ1) is 66.3. The number of nitrogens with zero attached hydrogens (tertiary/aromatic N) is 9. The SMILES string of the molecule is c1ccc(-c2cc(-c3ccc(-c4ccc(-n5c6ccccc6c6sc7c8ccccc8nc(-c8cccc9ccccc89)c7c65)cc4)cc3)nc(-c3ccccc3)n2)cc1.c1ccc(-c2nc(-c3ccccc3)nc(-c3ccc(-n4c5ccccc5c5sc6c7ccccc7nc(-c7ccc8ccccc8c7)c6c54)cc3)n2)cc1. The van der Waals surface area contributed by atoms with Gasteiger partial charge in [0.1, 0.15) is 0 Å². The summed E-state index contributed by atoms with van der Waals surface area (Å²) in [4.78, 5) is 35.7. The third-order valence-electron chi connectivity index (χ3n) is 21.8. The van der Waals surface area contributed by atoms with Gasteiger partial charge in [-0.2, -0.15) is 0 Å². The van der Waals surface area contributed by atoms with E-state index in [4.69, 9.17) is 34.9 Å². The Morgan fingerprint density at radius 2 is 0.570 bits per heavy atom. The van der Waals surface area contributed by atoms with E-state index in [1.165, 1.54) is 89.2 Å². The van der Waals surface area contributed by atoms with Crippen molar-refractivity contribution >= 4 is 128 Å². The van der Waals surface area contributed by atoms with Crippen molar-refractivity contribution < 1.29 is 0 Å². The number of thiophene rings is 2. The Kier molecular flexibility index (Phi) is 16.1. The number of benzene rings is 15. The molecule has 0 aliphatic carbocycles. The molecule has 23 aromatic rings. The van der Waals surface area contributed by atoms with Crippen LogP contribution in [-0.2, 0) is 0 Å². The van der Waals surface area contributed by atoms with Gasteiger partial charge in [-0.1, -0.05) is 309 Å². The molecule has 0 fully saturated rings. The Morgan fingerprint density at radius 1 is 0.211 bits per heavy atom.